The summed E-state index contributed by atoms with van der Waals surface area (Å²) < 4.78 is 23.4. The molecule has 8 heteroatoms. The van der Waals surface area contributed by atoms with Crippen molar-refractivity contribution in [3.63, 3.8) is 0 Å². The average Bonchev–Trinajstić information content (AvgIpc) is 2.67. The highest BCUT2D eigenvalue weighted by Crippen LogP contribution is 2.18. The Labute approximate surface area is 159 Å². The lowest BCUT2D eigenvalue weighted by molar-refractivity contribution is -1.02. The van der Waals surface area contributed by atoms with Crippen LogP contribution >= 0.6 is 0 Å². The van der Waals surface area contributed by atoms with Crippen molar-refractivity contribution in [3.8, 4) is 5.75 Å². The number of halogens is 1. The zero-order chi connectivity index (χ0) is 19.6. The van der Waals surface area contributed by atoms with E-state index in [1.54, 1.807) is 13.2 Å². The number of hydrogen-bond acceptors (Lipinski definition) is 4. The van der Waals surface area contributed by atoms with Crippen LogP contribution in [0, 0.1) is 5.82 Å². The number of esters is 1. The monoisotopic (exact) mass is 383 g/mol. The van der Waals surface area contributed by atoms with Gasteiger partial charge in [-0.15, -0.1) is 0 Å². The molecule has 3 N–H and O–H groups in total. The first-order chi connectivity index (χ1) is 13.0. The van der Waals surface area contributed by atoms with E-state index in [0.29, 0.717) is 38.2 Å². The van der Waals surface area contributed by atoms with E-state index >= 15 is 0 Å². The van der Waals surface area contributed by atoms with Gasteiger partial charge in [0.15, 0.2) is 6.54 Å². The minimum atomic E-state index is -0.260. The molecule has 0 bridgehead atoms. The smallest absolute Gasteiger partial charge is 0.305 e. The normalized spacial score (nSPS) is 19.4. The van der Waals surface area contributed by atoms with E-state index in [2.05, 4.69) is 10.1 Å². The number of amides is 1. The van der Waals surface area contributed by atoms with Crippen LogP contribution < -0.4 is 19.9 Å². The Kier molecular flexibility index (Phi) is 8.47. The lowest BCUT2D eigenvalue weighted by atomic mass is 10.1. The number of benzene rings is 1. The SMILES string of the molecule is COC(=O)CCCNC(=O)C[NH+]1CC[NH+](Cc2cc(F)ccc2OC)CC1. The maximum absolute atomic E-state index is 13.5. The van der Waals surface area contributed by atoms with Gasteiger partial charge in [-0.25, -0.2) is 4.39 Å². The van der Waals surface area contributed by atoms with Crippen LogP contribution in [0.15, 0.2) is 18.2 Å². The second-order valence-corrected chi connectivity index (χ2v) is 6.84. The second-order valence-electron chi connectivity index (χ2n) is 6.84. The highest BCUT2D eigenvalue weighted by Gasteiger charge is 2.25. The third-order valence-corrected chi connectivity index (χ3v) is 4.87. The lowest BCUT2D eigenvalue weighted by Crippen LogP contribution is -3.28. The number of quaternary nitrogens is 2. The summed E-state index contributed by atoms with van der Waals surface area (Å²) in [6.45, 7) is 5.26. The number of piperazine rings is 1. The van der Waals surface area contributed by atoms with Crippen molar-refractivity contribution in [2.75, 3.05) is 53.5 Å². The summed E-state index contributed by atoms with van der Waals surface area (Å²) in [4.78, 5) is 25.6. The number of carbonyl (C=O) groups is 2. The topological polar surface area (TPSA) is 73.5 Å². The molecule has 0 atom stereocenters. The minimum Gasteiger partial charge on any atom is -0.496 e. The van der Waals surface area contributed by atoms with Gasteiger partial charge in [0.2, 0.25) is 0 Å². The second kappa shape index (κ2) is 10.8. The fourth-order valence-corrected chi connectivity index (χ4v) is 3.32. The lowest BCUT2D eigenvalue weighted by Gasteiger charge is -2.29. The highest BCUT2D eigenvalue weighted by atomic mass is 19.1. The first kappa shape index (κ1) is 21.1. The van der Waals surface area contributed by atoms with Gasteiger partial charge in [0, 0.05) is 13.0 Å². The molecule has 1 aliphatic heterocycles. The molecule has 0 radical (unpaired) electrons. The molecule has 1 saturated heterocycles. The molecule has 7 nitrogen and oxygen atoms in total. The molecule has 1 aromatic carbocycles. The molecule has 150 valence electrons. The molecule has 0 unspecified atom stereocenters. The number of methoxy groups -OCH3 is 2. The van der Waals surface area contributed by atoms with Crippen LogP contribution in [0.1, 0.15) is 18.4 Å². The Morgan fingerprint density at radius 1 is 1.15 bits per heavy atom. The minimum absolute atomic E-state index is 0.00474. The summed E-state index contributed by atoms with van der Waals surface area (Å²) in [6.07, 6.45) is 0.899. The fourth-order valence-electron chi connectivity index (χ4n) is 3.32. The number of ether oxygens (including phenoxy) is 2. The Hall–Kier alpha value is -2.19. The summed E-state index contributed by atoms with van der Waals surface area (Å²) in [5.74, 6) is 0.206. The zero-order valence-electron chi connectivity index (χ0n) is 16.1. The average molecular weight is 383 g/mol. The van der Waals surface area contributed by atoms with E-state index in [1.165, 1.54) is 29.0 Å². The van der Waals surface area contributed by atoms with Gasteiger partial charge >= 0.3 is 5.97 Å². The van der Waals surface area contributed by atoms with Gasteiger partial charge in [0.25, 0.3) is 5.91 Å². The number of carbonyl (C=O) groups excluding carboxylic acids is 2. The van der Waals surface area contributed by atoms with Crippen molar-refractivity contribution in [1.29, 1.82) is 0 Å². The summed E-state index contributed by atoms with van der Waals surface area (Å²) in [5, 5.41) is 2.85. The molecule has 1 aromatic rings. The molecule has 0 aliphatic carbocycles. The summed E-state index contributed by atoms with van der Waals surface area (Å²) in [7, 11) is 2.95. The molecular weight excluding hydrogens is 353 g/mol. The molecule has 27 heavy (non-hydrogen) atoms. The summed E-state index contributed by atoms with van der Waals surface area (Å²) in [6, 6.07) is 4.60. The molecule has 1 amide bonds. The van der Waals surface area contributed by atoms with Crippen molar-refractivity contribution >= 4 is 11.9 Å². The predicted octanol–water partition coefficient (Wildman–Crippen LogP) is -1.81. The van der Waals surface area contributed by atoms with Crippen molar-refractivity contribution in [2.24, 2.45) is 0 Å². The van der Waals surface area contributed by atoms with Crippen LogP contribution in [0.2, 0.25) is 0 Å². The number of rotatable bonds is 9. The van der Waals surface area contributed by atoms with E-state index in [1.807, 2.05) is 0 Å². The quantitative estimate of drug-likeness (QED) is 0.347. The van der Waals surface area contributed by atoms with Gasteiger partial charge in [-0.05, 0) is 24.6 Å². The standard InChI is InChI=1S/C19H28FN3O4/c1-26-17-6-5-16(20)12-15(17)13-22-8-10-23(11-9-22)14-18(24)21-7-3-4-19(25)27-2/h5-6,12H,3-4,7-11,13-14H2,1-2H3,(H,21,24)/p+2. The first-order valence-electron chi connectivity index (χ1n) is 9.35. The van der Waals surface area contributed by atoms with Gasteiger partial charge < -0.3 is 24.6 Å². The Morgan fingerprint density at radius 2 is 1.85 bits per heavy atom. The van der Waals surface area contributed by atoms with Gasteiger partial charge in [-0.3, -0.25) is 9.59 Å². The maximum atomic E-state index is 13.5. The van der Waals surface area contributed by atoms with Crippen molar-refractivity contribution in [2.45, 2.75) is 19.4 Å². The number of nitrogens with one attached hydrogen (secondary N) is 3. The third-order valence-electron chi connectivity index (χ3n) is 4.87. The third kappa shape index (κ3) is 7.15. The van der Waals surface area contributed by atoms with E-state index < -0.39 is 0 Å². The largest absolute Gasteiger partial charge is 0.496 e. The molecule has 2 rings (SSSR count). The Bertz CT molecular complexity index is 633. The molecule has 0 spiro atoms. The molecule has 1 fully saturated rings. The molecule has 0 saturated carbocycles. The Morgan fingerprint density at radius 3 is 2.52 bits per heavy atom. The van der Waals surface area contributed by atoms with Crippen LogP contribution in [-0.2, 0) is 20.9 Å². The van der Waals surface area contributed by atoms with Gasteiger partial charge in [0.05, 0.1) is 19.8 Å². The van der Waals surface area contributed by atoms with Crippen LogP contribution in [0.5, 0.6) is 5.75 Å². The Balaban J connectivity index is 1.69. The molecule has 1 heterocycles. The van der Waals surface area contributed by atoms with Gasteiger partial charge in [0.1, 0.15) is 44.3 Å². The highest BCUT2D eigenvalue weighted by molar-refractivity contribution is 5.76. The van der Waals surface area contributed by atoms with Crippen molar-refractivity contribution < 1.29 is 33.3 Å². The van der Waals surface area contributed by atoms with Crippen LogP contribution in [0.3, 0.4) is 0 Å². The van der Waals surface area contributed by atoms with Gasteiger partial charge in [-0.2, -0.15) is 0 Å². The first-order valence-corrected chi connectivity index (χ1v) is 9.35. The summed E-state index contributed by atoms with van der Waals surface area (Å²) in [5.41, 5.74) is 0.874. The molecule has 0 aromatic heterocycles. The van der Waals surface area contributed by atoms with E-state index in [4.69, 9.17) is 4.74 Å². The van der Waals surface area contributed by atoms with E-state index in [9.17, 15) is 14.0 Å². The zero-order valence-corrected chi connectivity index (χ0v) is 16.1. The maximum Gasteiger partial charge on any atom is 0.305 e. The van der Waals surface area contributed by atoms with Gasteiger partial charge in [-0.1, -0.05) is 0 Å². The van der Waals surface area contributed by atoms with E-state index in [0.717, 1.165) is 31.7 Å². The molecular formula is C19H30FN3O4+2. The van der Waals surface area contributed by atoms with Crippen LogP contribution in [0.4, 0.5) is 4.39 Å². The van der Waals surface area contributed by atoms with E-state index in [-0.39, 0.29) is 17.7 Å². The predicted molar refractivity (Wildman–Crippen MR) is 97.2 cm³/mol. The van der Waals surface area contributed by atoms with Crippen LogP contribution in [-0.4, -0.2) is 65.4 Å². The molecule has 1 aliphatic rings. The summed E-state index contributed by atoms with van der Waals surface area (Å²) >= 11 is 0. The number of hydrogen-bond donors (Lipinski definition) is 3. The fraction of sp³-hybridized carbons (Fsp3) is 0.579. The van der Waals surface area contributed by atoms with Crippen LogP contribution in [0.25, 0.3) is 0 Å². The van der Waals surface area contributed by atoms with Crippen molar-refractivity contribution in [3.05, 3.63) is 29.6 Å². The van der Waals surface area contributed by atoms with Crippen molar-refractivity contribution in [1.82, 2.24) is 5.32 Å².